The number of hydrogen-bond acceptors (Lipinski definition) is 3. The second-order valence-electron chi connectivity index (χ2n) is 4.07. The quantitative estimate of drug-likeness (QED) is 0.659. The van der Waals surface area contributed by atoms with Gasteiger partial charge >= 0.3 is 5.97 Å². The first kappa shape index (κ1) is 15.6. The maximum Gasteiger partial charge on any atom is 0.322 e. The van der Waals surface area contributed by atoms with Crippen molar-refractivity contribution in [2.75, 3.05) is 13.1 Å². The Morgan fingerprint density at radius 2 is 1.60 bits per heavy atom. The molecule has 0 radical (unpaired) electrons. The fourth-order valence-corrected chi connectivity index (χ4v) is 1.41. The van der Waals surface area contributed by atoms with Crippen LogP contribution in [0.1, 0.15) is 12.0 Å². The lowest BCUT2D eigenvalue weighted by Gasteiger charge is -2.05. The standard InChI is InChI=1S/C13H15FN2O4/c14-10-4-1-9(2-5-10)3-6-11(17)15-7-12(18)16-8-13(19)20/h1-2,4-5H,3,6-8H2,(H,15,17)(H,16,18)(H,19,20). The van der Waals surface area contributed by atoms with Crippen LogP contribution in [0.15, 0.2) is 24.3 Å². The number of carboxylic acids is 1. The minimum Gasteiger partial charge on any atom is -0.480 e. The van der Waals surface area contributed by atoms with Gasteiger partial charge in [-0.05, 0) is 24.1 Å². The van der Waals surface area contributed by atoms with E-state index in [4.69, 9.17) is 5.11 Å². The molecule has 0 heterocycles. The minimum absolute atomic E-state index is 0.165. The Kier molecular flexibility index (Phi) is 6.15. The van der Waals surface area contributed by atoms with Gasteiger partial charge in [0.2, 0.25) is 11.8 Å². The first-order chi connectivity index (χ1) is 9.47. The highest BCUT2D eigenvalue weighted by molar-refractivity contribution is 5.86. The van der Waals surface area contributed by atoms with Gasteiger partial charge in [0.15, 0.2) is 0 Å². The summed E-state index contributed by atoms with van der Waals surface area (Å²) < 4.78 is 12.7. The third-order valence-electron chi connectivity index (χ3n) is 2.44. The molecule has 3 N–H and O–H groups in total. The van der Waals surface area contributed by atoms with Crippen LogP contribution in [0.25, 0.3) is 0 Å². The summed E-state index contributed by atoms with van der Waals surface area (Å²) >= 11 is 0. The highest BCUT2D eigenvalue weighted by atomic mass is 19.1. The predicted octanol–water partition coefficient (Wildman–Crippen LogP) is 0.0753. The van der Waals surface area contributed by atoms with E-state index in [2.05, 4.69) is 10.6 Å². The van der Waals surface area contributed by atoms with Gasteiger partial charge in [-0.2, -0.15) is 0 Å². The van der Waals surface area contributed by atoms with E-state index in [0.29, 0.717) is 6.42 Å². The zero-order valence-electron chi connectivity index (χ0n) is 10.7. The second-order valence-corrected chi connectivity index (χ2v) is 4.07. The number of aliphatic carboxylic acids is 1. The van der Waals surface area contributed by atoms with Crippen LogP contribution in [-0.2, 0) is 20.8 Å². The third-order valence-corrected chi connectivity index (χ3v) is 2.44. The van der Waals surface area contributed by atoms with Crippen LogP contribution in [-0.4, -0.2) is 36.0 Å². The summed E-state index contributed by atoms with van der Waals surface area (Å²) in [5.41, 5.74) is 0.817. The maximum absolute atomic E-state index is 12.7. The number of amides is 2. The van der Waals surface area contributed by atoms with Gasteiger partial charge in [0.1, 0.15) is 12.4 Å². The molecule has 0 aliphatic heterocycles. The van der Waals surface area contributed by atoms with E-state index in [1.165, 1.54) is 12.1 Å². The lowest BCUT2D eigenvalue weighted by Crippen LogP contribution is -2.39. The van der Waals surface area contributed by atoms with Crippen molar-refractivity contribution in [3.63, 3.8) is 0 Å². The molecule has 20 heavy (non-hydrogen) atoms. The van der Waals surface area contributed by atoms with E-state index in [1.54, 1.807) is 12.1 Å². The number of aryl methyl sites for hydroxylation is 1. The van der Waals surface area contributed by atoms with Crippen LogP contribution in [0.4, 0.5) is 4.39 Å². The number of carboxylic acid groups (broad SMARTS) is 1. The molecule has 0 aliphatic carbocycles. The molecule has 1 rings (SSSR count). The van der Waals surface area contributed by atoms with Gasteiger partial charge < -0.3 is 15.7 Å². The van der Waals surface area contributed by atoms with E-state index in [9.17, 15) is 18.8 Å². The van der Waals surface area contributed by atoms with Crippen molar-refractivity contribution in [1.82, 2.24) is 10.6 Å². The Bertz CT molecular complexity index is 488. The Labute approximate surface area is 115 Å². The number of carbonyl (C=O) groups is 3. The summed E-state index contributed by atoms with van der Waals surface area (Å²) in [6, 6.07) is 5.80. The Morgan fingerprint density at radius 1 is 1.00 bits per heavy atom. The molecule has 0 fully saturated rings. The van der Waals surface area contributed by atoms with E-state index in [1.807, 2.05) is 0 Å². The average Bonchev–Trinajstić information content (AvgIpc) is 2.42. The number of rotatable bonds is 7. The van der Waals surface area contributed by atoms with Gasteiger partial charge in [0, 0.05) is 6.42 Å². The van der Waals surface area contributed by atoms with Crippen molar-refractivity contribution < 1.29 is 23.9 Å². The van der Waals surface area contributed by atoms with Gasteiger partial charge in [-0.15, -0.1) is 0 Å². The lowest BCUT2D eigenvalue weighted by atomic mass is 10.1. The summed E-state index contributed by atoms with van der Waals surface area (Å²) in [5, 5.41) is 12.8. The maximum atomic E-state index is 12.7. The fourth-order valence-electron chi connectivity index (χ4n) is 1.41. The Morgan fingerprint density at radius 3 is 2.20 bits per heavy atom. The molecule has 0 atom stereocenters. The molecule has 0 aromatic heterocycles. The number of halogens is 1. The molecular weight excluding hydrogens is 267 g/mol. The van der Waals surface area contributed by atoms with Crippen molar-refractivity contribution >= 4 is 17.8 Å². The average molecular weight is 282 g/mol. The molecule has 2 amide bonds. The first-order valence-corrected chi connectivity index (χ1v) is 5.97. The second kappa shape index (κ2) is 7.88. The predicted molar refractivity (Wildman–Crippen MR) is 68.4 cm³/mol. The van der Waals surface area contributed by atoms with Crippen LogP contribution in [0, 0.1) is 5.82 Å². The van der Waals surface area contributed by atoms with Gasteiger partial charge in [-0.3, -0.25) is 14.4 Å². The van der Waals surface area contributed by atoms with Gasteiger partial charge in [0.05, 0.1) is 6.54 Å². The van der Waals surface area contributed by atoms with Crippen molar-refractivity contribution in [2.45, 2.75) is 12.8 Å². The molecule has 1 aromatic carbocycles. The smallest absolute Gasteiger partial charge is 0.322 e. The monoisotopic (exact) mass is 282 g/mol. The van der Waals surface area contributed by atoms with E-state index in [-0.39, 0.29) is 24.7 Å². The fraction of sp³-hybridized carbons (Fsp3) is 0.308. The van der Waals surface area contributed by atoms with Crippen LogP contribution >= 0.6 is 0 Å². The van der Waals surface area contributed by atoms with Crippen LogP contribution in [0.3, 0.4) is 0 Å². The number of benzene rings is 1. The molecule has 1 aromatic rings. The highest BCUT2D eigenvalue weighted by Gasteiger charge is 2.07. The summed E-state index contributed by atoms with van der Waals surface area (Å²) in [6.45, 7) is -0.750. The number of nitrogens with one attached hydrogen (secondary N) is 2. The topological polar surface area (TPSA) is 95.5 Å². The van der Waals surface area contributed by atoms with Crippen LogP contribution in [0.5, 0.6) is 0 Å². The molecule has 108 valence electrons. The summed E-state index contributed by atoms with van der Waals surface area (Å²) in [7, 11) is 0. The highest BCUT2D eigenvalue weighted by Crippen LogP contribution is 2.05. The zero-order chi connectivity index (χ0) is 15.0. The molecule has 0 spiro atoms. The van der Waals surface area contributed by atoms with E-state index in [0.717, 1.165) is 5.56 Å². The Hall–Kier alpha value is -2.44. The molecule has 0 bridgehead atoms. The van der Waals surface area contributed by atoms with Crippen molar-refractivity contribution in [3.05, 3.63) is 35.6 Å². The lowest BCUT2D eigenvalue weighted by molar-refractivity contribution is -0.137. The summed E-state index contributed by atoms with van der Waals surface area (Å²) in [5.74, 6) is -2.39. The van der Waals surface area contributed by atoms with Crippen LogP contribution in [0.2, 0.25) is 0 Å². The molecular formula is C13H15FN2O4. The van der Waals surface area contributed by atoms with Crippen molar-refractivity contribution in [1.29, 1.82) is 0 Å². The number of hydrogen-bond donors (Lipinski definition) is 3. The van der Waals surface area contributed by atoms with E-state index < -0.39 is 18.4 Å². The summed E-state index contributed by atoms with van der Waals surface area (Å²) in [4.78, 5) is 32.8. The molecule has 0 saturated carbocycles. The summed E-state index contributed by atoms with van der Waals surface area (Å²) in [6.07, 6.45) is 0.598. The Balaban J connectivity index is 2.21. The molecule has 6 nitrogen and oxygen atoms in total. The van der Waals surface area contributed by atoms with E-state index >= 15 is 0 Å². The van der Waals surface area contributed by atoms with Gasteiger partial charge in [-0.1, -0.05) is 12.1 Å². The third kappa shape index (κ3) is 6.48. The van der Waals surface area contributed by atoms with Gasteiger partial charge in [-0.25, -0.2) is 4.39 Å². The van der Waals surface area contributed by atoms with Crippen molar-refractivity contribution in [2.24, 2.45) is 0 Å². The number of carbonyl (C=O) groups excluding carboxylic acids is 2. The first-order valence-electron chi connectivity index (χ1n) is 5.97. The van der Waals surface area contributed by atoms with Crippen molar-refractivity contribution in [3.8, 4) is 0 Å². The molecule has 0 aliphatic rings. The van der Waals surface area contributed by atoms with Gasteiger partial charge in [0.25, 0.3) is 0 Å². The van der Waals surface area contributed by atoms with Crippen LogP contribution < -0.4 is 10.6 Å². The molecule has 0 unspecified atom stereocenters. The largest absolute Gasteiger partial charge is 0.480 e. The minimum atomic E-state index is -1.15. The molecule has 0 saturated heterocycles. The SMILES string of the molecule is O=C(O)CNC(=O)CNC(=O)CCc1ccc(F)cc1. The molecule has 7 heteroatoms. The normalized spacial score (nSPS) is 9.85. The zero-order valence-corrected chi connectivity index (χ0v) is 10.7.